The minimum absolute atomic E-state index is 0.0887. The van der Waals surface area contributed by atoms with Crippen LogP contribution < -0.4 is 19.8 Å². The molecular weight excluding hydrogens is 450 g/mol. The molecule has 8 nitrogen and oxygen atoms in total. The molecule has 0 spiro atoms. The standard InChI is InChI=1S/C25H31N5O3S/c1-6-30-23(17-11-13-19(14-12-17)25(3,4)5)28-29-24(30)34-16-21(31)27-26-15-18-9-8-10-20(22(18)32)33-7-2/h8-15H,6-7,16H2,1-5H3,(H2,26,27,31,32). The maximum Gasteiger partial charge on any atom is 0.337 e. The van der Waals surface area contributed by atoms with Gasteiger partial charge in [0.2, 0.25) is 0 Å². The van der Waals surface area contributed by atoms with Gasteiger partial charge in [-0.1, -0.05) is 50.8 Å². The molecule has 1 heterocycles. The normalized spacial score (nSPS) is 11.7. The Hall–Kier alpha value is -3.33. The van der Waals surface area contributed by atoms with Crippen molar-refractivity contribution in [1.82, 2.24) is 15.6 Å². The molecule has 34 heavy (non-hydrogen) atoms. The minimum atomic E-state index is -0.295. The molecule has 0 unspecified atom stereocenters. The molecule has 0 saturated carbocycles. The van der Waals surface area contributed by atoms with Crippen LogP contribution in [0.25, 0.3) is 11.4 Å². The number of hydrogen-bond acceptors (Lipinski definition) is 6. The highest BCUT2D eigenvalue weighted by Crippen LogP contribution is 2.26. The van der Waals surface area contributed by atoms with Crippen molar-refractivity contribution in [2.75, 3.05) is 12.4 Å². The van der Waals surface area contributed by atoms with Crippen molar-refractivity contribution < 1.29 is 19.2 Å². The average molecular weight is 482 g/mol. The molecule has 0 saturated heterocycles. The van der Waals surface area contributed by atoms with Gasteiger partial charge in [0.05, 0.1) is 35.8 Å². The average Bonchev–Trinajstić information content (AvgIpc) is 3.22. The zero-order valence-corrected chi connectivity index (χ0v) is 21.0. The molecule has 3 aromatic rings. The quantitative estimate of drug-likeness (QED) is 0.211. The third kappa shape index (κ3) is 6.17. The lowest BCUT2D eigenvalue weighted by Crippen LogP contribution is -2.36. The van der Waals surface area contributed by atoms with Gasteiger partial charge in [0.25, 0.3) is 11.7 Å². The molecule has 0 radical (unpaired) electrons. The maximum atomic E-state index is 12.3. The van der Waals surface area contributed by atoms with Gasteiger partial charge in [-0.15, -0.1) is 5.10 Å². The van der Waals surface area contributed by atoms with Gasteiger partial charge >= 0.3 is 5.16 Å². The van der Waals surface area contributed by atoms with Crippen molar-refractivity contribution in [1.29, 1.82) is 0 Å². The summed E-state index contributed by atoms with van der Waals surface area (Å²) >= 11 is 1.31. The molecule has 0 aliphatic rings. The van der Waals surface area contributed by atoms with Crippen LogP contribution in [0.4, 0.5) is 0 Å². The Morgan fingerprint density at radius 2 is 1.97 bits per heavy atom. The number of carbonyl (C=O) groups excluding carboxylic acids is 1. The van der Waals surface area contributed by atoms with Crippen LogP contribution in [0.1, 0.15) is 45.7 Å². The van der Waals surface area contributed by atoms with Crippen LogP contribution in [-0.2, 0) is 16.8 Å². The molecule has 0 aliphatic carbocycles. The van der Waals surface area contributed by atoms with Gasteiger partial charge in [-0.2, -0.15) is 5.10 Å². The fourth-order valence-corrected chi connectivity index (χ4v) is 4.12. The van der Waals surface area contributed by atoms with Gasteiger partial charge in [-0.25, -0.2) is 9.99 Å². The Morgan fingerprint density at radius 1 is 1.24 bits per heavy atom. The number of H-pyrrole nitrogens is 1. The van der Waals surface area contributed by atoms with E-state index in [9.17, 15) is 9.90 Å². The lowest BCUT2D eigenvalue weighted by atomic mass is 9.87. The first kappa shape index (κ1) is 25.3. The first-order valence-electron chi connectivity index (χ1n) is 11.2. The predicted octanol–water partition coefficient (Wildman–Crippen LogP) is 3.40. The van der Waals surface area contributed by atoms with Gasteiger partial charge in [0, 0.05) is 0 Å². The SMILES string of the molecule is CCOc1cccc(/C=N/NC(=O)CSc2n[nH]c(-c3ccc(C(C)(C)C)cc3)[n+]2CC)c1[O-]. The molecule has 2 N–H and O–H groups in total. The van der Waals surface area contributed by atoms with Crippen LogP contribution >= 0.6 is 11.8 Å². The van der Waals surface area contributed by atoms with E-state index in [-0.39, 0.29) is 28.6 Å². The number of para-hydroxylation sites is 1. The van der Waals surface area contributed by atoms with E-state index >= 15 is 0 Å². The van der Waals surface area contributed by atoms with E-state index in [0.717, 1.165) is 11.4 Å². The summed E-state index contributed by atoms with van der Waals surface area (Å²) in [6.45, 7) is 11.5. The summed E-state index contributed by atoms with van der Waals surface area (Å²) < 4.78 is 7.33. The van der Waals surface area contributed by atoms with E-state index in [1.165, 1.54) is 23.5 Å². The summed E-state index contributed by atoms with van der Waals surface area (Å²) in [5.74, 6) is 0.728. The van der Waals surface area contributed by atoms with Crippen LogP contribution in [0, 0.1) is 0 Å². The number of rotatable bonds is 9. The number of benzene rings is 2. The number of ether oxygens (including phenoxy) is 1. The highest BCUT2D eigenvalue weighted by Gasteiger charge is 2.22. The summed E-state index contributed by atoms with van der Waals surface area (Å²) in [6.07, 6.45) is 1.33. The van der Waals surface area contributed by atoms with Crippen molar-refractivity contribution >= 4 is 23.9 Å². The summed E-state index contributed by atoms with van der Waals surface area (Å²) in [4.78, 5) is 12.3. The smallest absolute Gasteiger partial charge is 0.337 e. The second kappa shape index (κ2) is 11.2. The Bertz CT molecular complexity index is 1150. The molecule has 2 aromatic carbocycles. The first-order chi connectivity index (χ1) is 16.2. The fourth-order valence-electron chi connectivity index (χ4n) is 3.31. The van der Waals surface area contributed by atoms with Crippen molar-refractivity contribution in [2.24, 2.45) is 5.10 Å². The van der Waals surface area contributed by atoms with Gasteiger partial charge in [0.15, 0.2) is 0 Å². The van der Waals surface area contributed by atoms with Crippen LogP contribution in [-0.4, -0.2) is 34.7 Å². The van der Waals surface area contributed by atoms with E-state index in [1.807, 2.05) is 18.4 Å². The number of hydrogen-bond donors (Lipinski definition) is 2. The van der Waals surface area contributed by atoms with Gasteiger partial charge in [0.1, 0.15) is 5.75 Å². The van der Waals surface area contributed by atoms with Crippen LogP contribution in [0.2, 0.25) is 0 Å². The molecule has 9 heteroatoms. The maximum absolute atomic E-state index is 12.3. The molecule has 0 bridgehead atoms. The third-order valence-corrected chi connectivity index (χ3v) is 6.11. The fraction of sp³-hybridized carbons (Fsp3) is 0.360. The number of nitrogens with zero attached hydrogens (tertiary/aromatic N) is 3. The van der Waals surface area contributed by atoms with Crippen molar-refractivity contribution in [3.05, 3.63) is 53.6 Å². The van der Waals surface area contributed by atoms with Gasteiger partial charge in [-0.3, -0.25) is 4.79 Å². The van der Waals surface area contributed by atoms with E-state index < -0.39 is 0 Å². The lowest BCUT2D eigenvalue weighted by Gasteiger charge is -2.18. The second-order valence-electron chi connectivity index (χ2n) is 8.62. The van der Waals surface area contributed by atoms with Crippen LogP contribution in [0.5, 0.6) is 11.5 Å². The minimum Gasteiger partial charge on any atom is -0.870 e. The number of amides is 1. The molecule has 0 fully saturated rings. The zero-order valence-electron chi connectivity index (χ0n) is 20.2. The van der Waals surface area contributed by atoms with Crippen molar-refractivity contribution in [3.8, 4) is 22.9 Å². The molecule has 3 rings (SSSR count). The Balaban J connectivity index is 1.62. The Morgan fingerprint density at radius 3 is 2.62 bits per heavy atom. The number of carbonyl (C=O) groups is 1. The molecule has 180 valence electrons. The summed E-state index contributed by atoms with van der Waals surface area (Å²) in [5.41, 5.74) is 5.19. The second-order valence-corrected chi connectivity index (χ2v) is 9.56. The number of hydrazone groups is 1. The number of aromatic amines is 1. The van der Waals surface area contributed by atoms with Crippen molar-refractivity contribution in [3.63, 3.8) is 0 Å². The van der Waals surface area contributed by atoms with Crippen LogP contribution in [0.3, 0.4) is 0 Å². The van der Waals surface area contributed by atoms with Gasteiger partial charge < -0.3 is 9.84 Å². The third-order valence-electron chi connectivity index (χ3n) is 5.13. The monoisotopic (exact) mass is 481 g/mol. The van der Waals surface area contributed by atoms with Crippen LogP contribution in [0.15, 0.2) is 52.7 Å². The molecule has 0 atom stereocenters. The largest absolute Gasteiger partial charge is 0.870 e. The Labute approximate surface area is 204 Å². The van der Waals surface area contributed by atoms with Crippen molar-refractivity contribution in [2.45, 2.75) is 51.7 Å². The predicted molar refractivity (Wildman–Crippen MR) is 132 cm³/mol. The topological polar surface area (TPSA) is 106 Å². The van der Waals surface area contributed by atoms with E-state index in [0.29, 0.717) is 23.9 Å². The number of thioether (sulfide) groups is 1. The summed E-state index contributed by atoms with van der Waals surface area (Å²) in [7, 11) is 0. The lowest BCUT2D eigenvalue weighted by molar-refractivity contribution is -0.719. The van der Waals surface area contributed by atoms with E-state index in [4.69, 9.17) is 4.74 Å². The zero-order chi connectivity index (χ0) is 24.7. The molecule has 1 aromatic heterocycles. The Kier molecular flexibility index (Phi) is 8.33. The van der Waals surface area contributed by atoms with E-state index in [1.54, 1.807) is 18.2 Å². The summed E-state index contributed by atoms with van der Waals surface area (Å²) in [5, 5.41) is 24.4. The first-order valence-corrected chi connectivity index (χ1v) is 12.2. The number of nitrogens with one attached hydrogen (secondary N) is 2. The number of aromatic nitrogens is 3. The van der Waals surface area contributed by atoms with E-state index in [2.05, 4.69) is 65.8 Å². The molecular formula is C25H31N5O3S. The molecule has 1 amide bonds. The highest BCUT2D eigenvalue weighted by atomic mass is 32.2. The molecule has 0 aliphatic heterocycles. The van der Waals surface area contributed by atoms with Gasteiger partial charge in [-0.05, 0) is 60.4 Å². The summed E-state index contributed by atoms with van der Waals surface area (Å²) in [6, 6.07) is 13.4. The highest BCUT2D eigenvalue weighted by molar-refractivity contribution is 7.99.